The van der Waals surface area contributed by atoms with Crippen molar-refractivity contribution in [3.05, 3.63) is 90.7 Å². The molecule has 3 aliphatic carbocycles. The maximum absolute atomic E-state index is 2.08. The van der Waals surface area contributed by atoms with Gasteiger partial charge in [0.15, 0.2) is 0 Å². The quantitative estimate of drug-likeness (QED) is 0.526. The van der Waals surface area contributed by atoms with Gasteiger partial charge in [-0.25, -0.2) is 0 Å². The summed E-state index contributed by atoms with van der Waals surface area (Å²) < 4.78 is 0. The van der Waals surface area contributed by atoms with Crippen LogP contribution in [0.1, 0.15) is 20.8 Å². The van der Waals surface area contributed by atoms with Gasteiger partial charge in [-0.15, -0.1) is 0 Å². The van der Waals surface area contributed by atoms with Crippen LogP contribution >= 0.6 is 0 Å². The Hall–Kier alpha value is -0.313. The standard InChI is InChI=1S/3C6H7.Er/c3*1-6-4-2-3-5-6;/h3*2-5H,1H3;. The van der Waals surface area contributed by atoms with Crippen molar-refractivity contribution >= 4 is 0 Å². The maximum atomic E-state index is 2.08. The third-order valence-electron chi connectivity index (χ3n) is 2.49. The van der Waals surface area contributed by atoms with Crippen LogP contribution in [0.3, 0.4) is 0 Å². The summed E-state index contributed by atoms with van der Waals surface area (Å²) in [6.45, 7) is 6.25. The van der Waals surface area contributed by atoms with E-state index in [4.69, 9.17) is 0 Å². The maximum Gasteiger partial charge on any atom is 0.00806 e. The number of allylic oxidation sites excluding steroid dienone is 12. The molecule has 0 aromatic carbocycles. The Kier molecular flexibility index (Phi) is 11.3. The number of hydrogen-bond donors (Lipinski definition) is 0. The SMILES string of the molecule is CC1=CC=C[CH]1.CC1=CC=C[CH]1.CC1=CC=C[CH]1.[Er]. The van der Waals surface area contributed by atoms with Crippen molar-refractivity contribution in [2.75, 3.05) is 0 Å². The molecule has 1 heteroatoms. The van der Waals surface area contributed by atoms with Gasteiger partial charge < -0.3 is 0 Å². The van der Waals surface area contributed by atoms with Crippen LogP contribution in [0.4, 0.5) is 0 Å². The van der Waals surface area contributed by atoms with Crippen molar-refractivity contribution in [2.45, 2.75) is 20.8 Å². The molecule has 0 aromatic rings. The van der Waals surface area contributed by atoms with Gasteiger partial charge in [0.2, 0.25) is 0 Å². The van der Waals surface area contributed by atoms with E-state index in [1.54, 1.807) is 0 Å². The first-order valence-corrected chi connectivity index (χ1v) is 6.23. The molecule has 0 aliphatic heterocycles. The summed E-state index contributed by atoms with van der Waals surface area (Å²) in [6, 6.07) is 0. The smallest absolute Gasteiger partial charge is 0.00806 e. The van der Waals surface area contributed by atoms with E-state index < -0.39 is 0 Å². The van der Waals surface area contributed by atoms with E-state index >= 15 is 0 Å². The van der Waals surface area contributed by atoms with Crippen molar-refractivity contribution in [2.24, 2.45) is 0 Å². The molecule has 0 nitrogen and oxygen atoms in total. The zero-order valence-corrected chi connectivity index (χ0v) is 13.6. The Bertz CT molecular complexity index is 362. The van der Waals surface area contributed by atoms with E-state index in [1.165, 1.54) is 16.7 Å². The van der Waals surface area contributed by atoms with Gasteiger partial charge in [0.25, 0.3) is 0 Å². The molecular weight excluding hydrogens is 383 g/mol. The van der Waals surface area contributed by atoms with Gasteiger partial charge in [0, 0.05) is 56.6 Å². The van der Waals surface area contributed by atoms with E-state index in [-0.39, 0.29) is 37.3 Å². The monoisotopic (exact) mass is 403 g/mol. The Morgan fingerprint density at radius 3 is 0.789 bits per heavy atom. The largest absolute Gasteiger partial charge is 0.0764 e. The fourth-order valence-corrected chi connectivity index (χ4v) is 1.41. The first-order chi connectivity index (χ1) is 8.68. The van der Waals surface area contributed by atoms with Gasteiger partial charge in [-0.1, -0.05) is 71.4 Å². The van der Waals surface area contributed by atoms with Gasteiger partial charge >= 0.3 is 0 Å². The topological polar surface area (TPSA) is 0 Å². The van der Waals surface area contributed by atoms with Crippen molar-refractivity contribution < 1.29 is 37.3 Å². The molecule has 3 aliphatic rings. The van der Waals surface area contributed by atoms with Gasteiger partial charge in [-0.2, -0.15) is 0 Å². The summed E-state index contributed by atoms with van der Waals surface area (Å²) in [5.41, 5.74) is 4.03. The summed E-state index contributed by atoms with van der Waals surface area (Å²) in [6.07, 6.45) is 24.7. The Morgan fingerprint density at radius 1 is 0.474 bits per heavy atom. The van der Waals surface area contributed by atoms with Gasteiger partial charge in [-0.3, -0.25) is 0 Å². The minimum Gasteiger partial charge on any atom is -0.0764 e. The van der Waals surface area contributed by atoms with E-state index in [0.717, 1.165) is 0 Å². The number of hydrogen-bond acceptors (Lipinski definition) is 0. The molecule has 3 rings (SSSR count). The number of rotatable bonds is 0. The van der Waals surface area contributed by atoms with Crippen LogP contribution in [0.2, 0.25) is 0 Å². The molecule has 0 unspecified atom stereocenters. The summed E-state index contributed by atoms with van der Waals surface area (Å²) in [7, 11) is 0. The molecule has 0 heterocycles. The normalized spacial score (nSPS) is 17.5. The average Bonchev–Trinajstić information content (AvgIpc) is 3.05. The molecule has 0 saturated carbocycles. The summed E-state index contributed by atoms with van der Waals surface area (Å²) >= 11 is 0. The fraction of sp³-hybridized carbons (Fsp3) is 0.167. The van der Waals surface area contributed by atoms with Crippen LogP contribution in [-0.2, 0) is 0 Å². The molecule has 0 aromatic heterocycles. The van der Waals surface area contributed by atoms with Gasteiger partial charge in [0.1, 0.15) is 0 Å². The van der Waals surface area contributed by atoms with Crippen molar-refractivity contribution in [1.29, 1.82) is 0 Å². The molecular formula is C18H21Er. The predicted molar refractivity (Wildman–Crippen MR) is 81.6 cm³/mol. The molecule has 3 radical (unpaired) electrons. The summed E-state index contributed by atoms with van der Waals surface area (Å²) in [5, 5.41) is 0. The Morgan fingerprint density at radius 2 is 0.737 bits per heavy atom. The molecule has 105 valence electrons. The third kappa shape index (κ3) is 10.2. The molecule has 0 atom stereocenters. The van der Waals surface area contributed by atoms with E-state index in [0.29, 0.717) is 0 Å². The van der Waals surface area contributed by atoms with E-state index in [1.807, 2.05) is 36.5 Å². The van der Waals surface area contributed by atoms with E-state index in [9.17, 15) is 0 Å². The zero-order chi connectivity index (χ0) is 13.2. The Balaban J connectivity index is 0.000000249. The second kappa shape index (κ2) is 11.5. The van der Waals surface area contributed by atoms with Crippen molar-refractivity contribution in [1.82, 2.24) is 0 Å². The minimum atomic E-state index is 0. The molecule has 0 fully saturated rings. The van der Waals surface area contributed by atoms with Gasteiger partial charge in [0.05, 0.1) is 0 Å². The second-order valence-electron chi connectivity index (χ2n) is 4.39. The first-order valence-electron chi connectivity index (χ1n) is 6.23. The second-order valence-corrected chi connectivity index (χ2v) is 4.39. The molecule has 0 N–H and O–H groups in total. The molecule has 0 bridgehead atoms. The molecule has 0 amide bonds. The van der Waals surface area contributed by atoms with Crippen LogP contribution < -0.4 is 0 Å². The van der Waals surface area contributed by atoms with Crippen LogP contribution in [0.15, 0.2) is 71.4 Å². The molecule has 0 saturated heterocycles. The Labute approximate surface area is 148 Å². The van der Waals surface area contributed by atoms with E-state index in [2.05, 4.69) is 58.3 Å². The van der Waals surface area contributed by atoms with Crippen LogP contribution in [0.5, 0.6) is 0 Å². The minimum absolute atomic E-state index is 0. The first kappa shape index (κ1) is 18.7. The summed E-state index contributed by atoms with van der Waals surface area (Å²) in [4.78, 5) is 0. The molecule has 19 heavy (non-hydrogen) atoms. The van der Waals surface area contributed by atoms with Crippen LogP contribution in [0.25, 0.3) is 0 Å². The third-order valence-corrected chi connectivity index (χ3v) is 2.49. The average molecular weight is 405 g/mol. The summed E-state index contributed by atoms with van der Waals surface area (Å²) in [5.74, 6) is 0. The fourth-order valence-electron chi connectivity index (χ4n) is 1.41. The van der Waals surface area contributed by atoms with Gasteiger partial charge in [-0.05, 0) is 20.8 Å². The van der Waals surface area contributed by atoms with Crippen molar-refractivity contribution in [3.63, 3.8) is 0 Å². The van der Waals surface area contributed by atoms with Crippen LogP contribution in [0, 0.1) is 56.6 Å². The molecule has 0 spiro atoms. The predicted octanol–water partition coefficient (Wildman–Crippen LogP) is 5.12. The van der Waals surface area contributed by atoms with Crippen molar-refractivity contribution in [3.8, 4) is 0 Å². The zero-order valence-electron chi connectivity index (χ0n) is 11.7. The van der Waals surface area contributed by atoms with Crippen LogP contribution in [-0.4, -0.2) is 0 Å².